The van der Waals surface area contributed by atoms with E-state index in [9.17, 15) is 8.42 Å². The summed E-state index contributed by atoms with van der Waals surface area (Å²) in [6, 6.07) is 9.80. The number of hydrogen-bond donors (Lipinski definition) is 3. The molecule has 0 unspecified atom stereocenters. The van der Waals surface area contributed by atoms with Gasteiger partial charge in [-0.05, 0) is 42.8 Å². The van der Waals surface area contributed by atoms with Crippen LogP contribution in [0, 0.1) is 6.92 Å². The number of benzene rings is 1. The van der Waals surface area contributed by atoms with Crippen LogP contribution in [0.3, 0.4) is 0 Å². The summed E-state index contributed by atoms with van der Waals surface area (Å²) in [5.41, 5.74) is 1.07. The van der Waals surface area contributed by atoms with E-state index < -0.39 is 10.0 Å². The van der Waals surface area contributed by atoms with Crippen LogP contribution in [0.2, 0.25) is 5.02 Å². The number of nitrogens with one attached hydrogen (secondary N) is 3. The van der Waals surface area contributed by atoms with Crippen molar-refractivity contribution in [2.45, 2.75) is 11.8 Å². The first kappa shape index (κ1) is 21.8. The van der Waals surface area contributed by atoms with E-state index in [0.717, 1.165) is 5.56 Å². The van der Waals surface area contributed by atoms with Gasteiger partial charge in [0.1, 0.15) is 29.5 Å². The third kappa shape index (κ3) is 5.78. The number of rotatable bonds is 9. The molecule has 0 atom stereocenters. The summed E-state index contributed by atoms with van der Waals surface area (Å²) in [6.45, 7) is 2.45. The smallest absolute Gasteiger partial charge is 0.240 e. The molecule has 0 fully saturated rings. The highest BCUT2D eigenvalue weighted by Gasteiger charge is 2.15. The van der Waals surface area contributed by atoms with Crippen molar-refractivity contribution < 1.29 is 13.2 Å². The Labute approximate surface area is 179 Å². The molecule has 9 nitrogen and oxygen atoms in total. The lowest BCUT2D eigenvalue weighted by Crippen LogP contribution is -2.29. The van der Waals surface area contributed by atoms with Gasteiger partial charge >= 0.3 is 0 Å². The minimum absolute atomic E-state index is 0.0625. The van der Waals surface area contributed by atoms with Gasteiger partial charge < -0.3 is 15.4 Å². The molecule has 3 N–H and O–H groups in total. The molecule has 1 aromatic carbocycles. The fourth-order valence-electron chi connectivity index (χ4n) is 2.53. The van der Waals surface area contributed by atoms with Crippen LogP contribution in [0.4, 0.5) is 17.5 Å². The van der Waals surface area contributed by atoms with Crippen LogP contribution in [0.1, 0.15) is 5.56 Å². The Balaban J connectivity index is 1.54. The lowest BCUT2D eigenvalue weighted by atomic mass is 10.3. The van der Waals surface area contributed by atoms with E-state index in [4.69, 9.17) is 16.3 Å². The Hall–Kier alpha value is -2.95. The van der Waals surface area contributed by atoms with E-state index in [1.54, 1.807) is 12.3 Å². The molecule has 30 heavy (non-hydrogen) atoms. The zero-order valence-electron chi connectivity index (χ0n) is 16.4. The number of halogens is 1. The summed E-state index contributed by atoms with van der Waals surface area (Å²) in [4.78, 5) is 12.6. The lowest BCUT2D eigenvalue weighted by molar-refractivity contribution is 0.414. The number of ether oxygens (including phenoxy) is 1. The number of nitrogens with zero attached hydrogens (tertiary/aromatic N) is 3. The molecule has 2 heterocycles. The molecular formula is C19H21ClN6O3S. The average Bonchev–Trinajstić information content (AvgIpc) is 2.71. The third-order valence-electron chi connectivity index (χ3n) is 4.00. The number of anilines is 3. The van der Waals surface area contributed by atoms with Gasteiger partial charge in [-0.25, -0.2) is 28.1 Å². The predicted octanol–water partition coefficient (Wildman–Crippen LogP) is 2.98. The molecule has 0 saturated carbocycles. The number of sulfonamides is 1. The van der Waals surface area contributed by atoms with Crippen LogP contribution < -0.4 is 20.1 Å². The normalized spacial score (nSPS) is 11.2. The van der Waals surface area contributed by atoms with Crippen molar-refractivity contribution in [3.8, 4) is 5.75 Å². The van der Waals surface area contributed by atoms with E-state index in [1.807, 2.05) is 19.1 Å². The first-order chi connectivity index (χ1) is 14.4. The van der Waals surface area contributed by atoms with Gasteiger partial charge in [0.25, 0.3) is 0 Å². The maximum atomic E-state index is 12.4. The maximum absolute atomic E-state index is 12.4. The molecule has 3 aromatic rings. The summed E-state index contributed by atoms with van der Waals surface area (Å²) < 4.78 is 32.3. The quantitative estimate of drug-likeness (QED) is 0.427. The summed E-state index contributed by atoms with van der Waals surface area (Å²) in [5, 5.41) is 6.38. The van der Waals surface area contributed by atoms with Crippen molar-refractivity contribution >= 4 is 39.1 Å². The van der Waals surface area contributed by atoms with E-state index in [-0.39, 0.29) is 16.5 Å². The van der Waals surface area contributed by atoms with Crippen LogP contribution in [0.15, 0.2) is 53.8 Å². The molecule has 0 aliphatic heterocycles. The van der Waals surface area contributed by atoms with Crippen molar-refractivity contribution in [2.75, 3.05) is 30.8 Å². The van der Waals surface area contributed by atoms with Crippen LogP contribution in [0.5, 0.6) is 5.75 Å². The molecule has 0 saturated heterocycles. The molecule has 0 bridgehead atoms. The Kier molecular flexibility index (Phi) is 7.03. The van der Waals surface area contributed by atoms with E-state index in [1.165, 1.54) is 31.6 Å². The molecule has 0 radical (unpaired) electrons. The fraction of sp³-hybridized carbons (Fsp3) is 0.211. The molecule has 158 valence electrons. The molecule has 0 spiro atoms. The number of pyridine rings is 1. The number of aromatic nitrogens is 3. The highest BCUT2D eigenvalue weighted by Crippen LogP contribution is 2.26. The Morgan fingerprint density at radius 3 is 2.50 bits per heavy atom. The topological polar surface area (TPSA) is 118 Å². The standard InChI is InChI=1S/C19H21ClN6O3S/c1-13-5-6-21-18(9-13)26-19-11-17(23-12-24-19)22-7-8-25-30(27,28)14-3-4-16(29-2)15(20)10-14/h3-6,9-12,25H,7-8H2,1-2H3,(H2,21,22,23,24,26). The first-order valence-corrected chi connectivity index (χ1v) is 10.8. The highest BCUT2D eigenvalue weighted by atomic mass is 35.5. The Morgan fingerprint density at radius 1 is 1.00 bits per heavy atom. The second-order valence-electron chi connectivity index (χ2n) is 6.25. The van der Waals surface area contributed by atoms with Gasteiger partial charge in [0.15, 0.2) is 0 Å². The summed E-state index contributed by atoms with van der Waals surface area (Å²) in [6.07, 6.45) is 3.12. The molecule has 11 heteroatoms. The number of hydrogen-bond acceptors (Lipinski definition) is 8. The van der Waals surface area contributed by atoms with Crippen LogP contribution in [-0.2, 0) is 10.0 Å². The molecule has 0 aliphatic carbocycles. The SMILES string of the molecule is COc1ccc(S(=O)(=O)NCCNc2cc(Nc3cc(C)ccn3)ncn2)cc1Cl. The zero-order chi connectivity index (χ0) is 21.6. The molecule has 2 aromatic heterocycles. The minimum Gasteiger partial charge on any atom is -0.495 e. The van der Waals surface area contributed by atoms with Gasteiger partial charge in [0, 0.05) is 25.4 Å². The van der Waals surface area contributed by atoms with Crippen molar-refractivity contribution in [3.05, 3.63) is 59.5 Å². The lowest BCUT2D eigenvalue weighted by Gasteiger charge is -2.10. The second-order valence-corrected chi connectivity index (χ2v) is 8.43. The van der Waals surface area contributed by atoms with Gasteiger partial charge in [-0.2, -0.15) is 0 Å². The van der Waals surface area contributed by atoms with Crippen molar-refractivity contribution in [1.82, 2.24) is 19.7 Å². The summed E-state index contributed by atoms with van der Waals surface area (Å²) in [7, 11) is -2.24. The average molecular weight is 449 g/mol. The Bertz CT molecular complexity index is 1130. The minimum atomic E-state index is -3.70. The molecule has 0 aliphatic rings. The van der Waals surface area contributed by atoms with Gasteiger partial charge in [-0.3, -0.25) is 0 Å². The van der Waals surface area contributed by atoms with Crippen LogP contribution in [0.25, 0.3) is 0 Å². The van der Waals surface area contributed by atoms with E-state index in [2.05, 4.69) is 30.3 Å². The highest BCUT2D eigenvalue weighted by molar-refractivity contribution is 7.89. The third-order valence-corrected chi connectivity index (χ3v) is 5.75. The largest absolute Gasteiger partial charge is 0.495 e. The second kappa shape index (κ2) is 9.70. The van der Waals surface area contributed by atoms with Crippen molar-refractivity contribution in [2.24, 2.45) is 0 Å². The molecule has 3 rings (SSSR count). The van der Waals surface area contributed by atoms with Crippen molar-refractivity contribution in [3.63, 3.8) is 0 Å². The fourth-order valence-corrected chi connectivity index (χ4v) is 3.91. The van der Waals surface area contributed by atoms with Crippen LogP contribution in [-0.4, -0.2) is 43.6 Å². The summed E-state index contributed by atoms with van der Waals surface area (Å²) >= 11 is 6.00. The van der Waals surface area contributed by atoms with E-state index in [0.29, 0.717) is 29.7 Å². The molecule has 0 amide bonds. The zero-order valence-corrected chi connectivity index (χ0v) is 18.0. The molecular weight excluding hydrogens is 428 g/mol. The predicted molar refractivity (Wildman–Crippen MR) is 116 cm³/mol. The van der Waals surface area contributed by atoms with E-state index >= 15 is 0 Å². The summed E-state index contributed by atoms with van der Waals surface area (Å²) in [5.74, 6) is 2.20. The monoisotopic (exact) mass is 448 g/mol. The maximum Gasteiger partial charge on any atom is 0.240 e. The van der Waals surface area contributed by atoms with Gasteiger partial charge in [-0.1, -0.05) is 11.6 Å². The van der Waals surface area contributed by atoms with Gasteiger partial charge in [0.05, 0.1) is 17.0 Å². The van der Waals surface area contributed by atoms with Gasteiger partial charge in [-0.15, -0.1) is 0 Å². The van der Waals surface area contributed by atoms with Gasteiger partial charge in [0.2, 0.25) is 10.0 Å². The van der Waals surface area contributed by atoms with Crippen molar-refractivity contribution in [1.29, 1.82) is 0 Å². The number of aryl methyl sites for hydroxylation is 1. The Morgan fingerprint density at radius 2 is 1.77 bits per heavy atom. The van der Waals surface area contributed by atoms with Crippen LogP contribution >= 0.6 is 11.6 Å². The number of methoxy groups -OCH3 is 1. The first-order valence-electron chi connectivity index (χ1n) is 8.96.